The van der Waals surface area contributed by atoms with Crippen molar-refractivity contribution < 1.29 is 28.6 Å². The molecule has 24 heavy (non-hydrogen) atoms. The SMILES string of the molecule is CC(C)COC(=O)CCC(=O)OCCCOC(=O)C1=CCCN=C1. The normalized spacial score (nSPS) is 13.4. The average molecular weight is 339 g/mol. The zero-order valence-electron chi connectivity index (χ0n) is 14.3. The summed E-state index contributed by atoms with van der Waals surface area (Å²) in [5, 5.41) is 0. The fourth-order valence-electron chi connectivity index (χ4n) is 1.75. The fourth-order valence-corrected chi connectivity index (χ4v) is 1.75. The Morgan fingerprint density at radius 3 is 2.38 bits per heavy atom. The van der Waals surface area contributed by atoms with Crippen molar-refractivity contribution in [3.8, 4) is 0 Å². The number of nitrogens with zero attached hydrogens (tertiary/aromatic N) is 1. The van der Waals surface area contributed by atoms with Crippen molar-refractivity contribution in [2.75, 3.05) is 26.4 Å². The molecule has 0 fully saturated rings. The van der Waals surface area contributed by atoms with Crippen LogP contribution in [0.5, 0.6) is 0 Å². The maximum atomic E-state index is 11.6. The van der Waals surface area contributed by atoms with E-state index >= 15 is 0 Å². The number of carbonyl (C=O) groups is 3. The van der Waals surface area contributed by atoms with Crippen molar-refractivity contribution in [3.05, 3.63) is 11.6 Å². The van der Waals surface area contributed by atoms with E-state index in [1.807, 2.05) is 13.8 Å². The summed E-state index contributed by atoms with van der Waals surface area (Å²) in [5.74, 6) is -1.03. The predicted molar refractivity (Wildman–Crippen MR) is 87.6 cm³/mol. The van der Waals surface area contributed by atoms with Crippen LogP contribution < -0.4 is 0 Å². The highest BCUT2D eigenvalue weighted by Crippen LogP contribution is 2.04. The van der Waals surface area contributed by atoms with Crippen molar-refractivity contribution in [3.63, 3.8) is 0 Å². The Morgan fingerprint density at radius 1 is 1.08 bits per heavy atom. The molecule has 0 amide bonds. The number of aliphatic imine (C=N–C) groups is 1. The second-order valence-electron chi connectivity index (χ2n) is 5.77. The molecule has 0 aromatic heterocycles. The lowest BCUT2D eigenvalue weighted by molar-refractivity contribution is -0.151. The minimum atomic E-state index is -0.468. The second kappa shape index (κ2) is 11.4. The Labute approximate surface area is 142 Å². The number of dihydropyridines is 1. The summed E-state index contributed by atoms with van der Waals surface area (Å²) in [4.78, 5) is 38.5. The van der Waals surface area contributed by atoms with Crippen molar-refractivity contribution in [1.82, 2.24) is 0 Å². The third-order valence-electron chi connectivity index (χ3n) is 2.98. The van der Waals surface area contributed by atoms with Crippen LogP contribution in [0.15, 0.2) is 16.6 Å². The molecular weight excluding hydrogens is 314 g/mol. The highest BCUT2D eigenvalue weighted by atomic mass is 16.5. The van der Waals surface area contributed by atoms with Crippen LogP contribution in [0.2, 0.25) is 0 Å². The summed E-state index contributed by atoms with van der Waals surface area (Å²) >= 11 is 0. The van der Waals surface area contributed by atoms with Crippen molar-refractivity contribution in [2.24, 2.45) is 10.9 Å². The minimum absolute atomic E-state index is 0.00796. The summed E-state index contributed by atoms with van der Waals surface area (Å²) < 4.78 is 15.0. The summed E-state index contributed by atoms with van der Waals surface area (Å²) in [6.45, 7) is 5.21. The molecule has 1 aliphatic rings. The van der Waals surface area contributed by atoms with Crippen LogP contribution in [0.1, 0.15) is 39.5 Å². The van der Waals surface area contributed by atoms with E-state index in [9.17, 15) is 14.4 Å². The molecule has 0 saturated carbocycles. The fraction of sp³-hybridized carbons (Fsp3) is 0.647. The lowest BCUT2D eigenvalue weighted by atomic mass is 10.2. The van der Waals surface area contributed by atoms with E-state index in [0.29, 0.717) is 25.1 Å². The monoisotopic (exact) mass is 339 g/mol. The van der Waals surface area contributed by atoms with Crippen molar-refractivity contribution in [1.29, 1.82) is 0 Å². The Bertz CT molecular complexity index is 495. The van der Waals surface area contributed by atoms with E-state index in [4.69, 9.17) is 14.2 Å². The largest absolute Gasteiger partial charge is 0.466 e. The predicted octanol–water partition coefficient (Wildman–Crippen LogP) is 1.84. The molecular formula is C17H25NO6. The molecule has 0 aliphatic carbocycles. The van der Waals surface area contributed by atoms with Crippen LogP contribution in [0.25, 0.3) is 0 Å². The van der Waals surface area contributed by atoms with Gasteiger partial charge in [-0.1, -0.05) is 19.9 Å². The van der Waals surface area contributed by atoms with Gasteiger partial charge < -0.3 is 14.2 Å². The molecule has 1 heterocycles. The minimum Gasteiger partial charge on any atom is -0.466 e. The summed E-state index contributed by atoms with van der Waals surface area (Å²) in [7, 11) is 0. The van der Waals surface area contributed by atoms with Gasteiger partial charge in [0.25, 0.3) is 0 Å². The van der Waals surface area contributed by atoms with Gasteiger partial charge in [0, 0.05) is 19.2 Å². The topological polar surface area (TPSA) is 91.3 Å². The number of ether oxygens (including phenoxy) is 3. The van der Waals surface area contributed by atoms with E-state index < -0.39 is 17.9 Å². The van der Waals surface area contributed by atoms with E-state index in [-0.39, 0.29) is 32.0 Å². The zero-order chi connectivity index (χ0) is 17.8. The van der Waals surface area contributed by atoms with Crippen LogP contribution in [-0.4, -0.2) is 50.5 Å². The molecule has 7 heteroatoms. The lowest BCUT2D eigenvalue weighted by Crippen LogP contribution is -2.15. The van der Waals surface area contributed by atoms with Crippen LogP contribution in [0.3, 0.4) is 0 Å². The first-order chi connectivity index (χ1) is 11.5. The number of carbonyl (C=O) groups excluding carboxylic acids is 3. The molecule has 0 saturated heterocycles. The summed E-state index contributed by atoms with van der Waals surface area (Å²) in [6.07, 6.45) is 4.42. The van der Waals surface area contributed by atoms with Gasteiger partial charge in [0.05, 0.1) is 38.2 Å². The molecule has 0 radical (unpaired) electrons. The van der Waals surface area contributed by atoms with Gasteiger partial charge in [0.15, 0.2) is 0 Å². The van der Waals surface area contributed by atoms with Gasteiger partial charge in [-0.3, -0.25) is 14.6 Å². The van der Waals surface area contributed by atoms with E-state index in [1.54, 1.807) is 6.08 Å². The van der Waals surface area contributed by atoms with Gasteiger partial charge in [-0.25, -0.2) is 4.79 Å². The van der Waals surface area contributed by atoms with E-state index in [1.165, 1.54) is 6.21 Å². The van der Waals surface area contributed by atoms with Crippen molar-refractivity contribution >= 4 is 24.1 Å². The van der Waals surface area contributed by atoms with Gasteiger partial charge in [0.2, 0.25) is 0 Å². The van der Waals surface area contributed by atoms with Crippen LogP contribution >= 0.6 is 0 Å². The number of esters is 3. The van der Waals surface area contributed by atoms with Crippen LogP contribution in [0, 0.1) is 5.92 Å². The first-order valence-corrected chi connectivity index (χ1v) is 8.17. The molecule has 0 aromatic carbocycles. The number of hydrogen-bond donors (Lipinski definition) is 0. The van der Waals surface area contributed by atoms with Gasteiger partial charge in [-0.05, 0) is 12.3 Å². The summed E-state index contributed by atoms with van der Waals surface area (Å²) in [5.41, 5.74) is 0.457. The van der Waals surface area contributed by atoms with Crippen LogP contribution in [0.4, 0.5) is 0 Å². The lowest BCUT2D eigenvalue weighted by Gasteiger charge is -2.08. The molecule has 0 N–H and O–H groups in total. The zero-order valence-corrected chi connectivity index (χ0v) is 14.3. The first-order valence-electron chi connectivity index (χ1n) is 8.17. The third kappa shape index (κ3) is 9.07. The molecule has 0 unspecified atom stereocenters. The third-order valence-corrected chi connectivity index (χ3v) is 2.98. The van der Waals surface area contributed by atoms with Gasteiger partial charge in [-0.15, -0.1) is 0 Å². The Balaban J connectivity index is 2.03. The van der Waals surface area contributed by atoms with Gasteiger partial charge >= 0.3 is 17.9 Å². The maximum Gasteiger partial charge on any atom is 0.339 e. The second-order valence-corrected chi connectivity index (χ2v) is 5.77. The Kier molecular flexibility index (Phi) is 9.41. The van der Waals surface area contributed by atoms with Gasteiger partial charge in [0.1, 0.15) is 0 Å². The molecule has 0 spiro atoms. The first kappa shape index (κ1) is 19.9. The molecule has 1 aliphatic heterocycles. The Morgan fingerprint density at radius 2 is 1.75 bits per heavy atom. The molecule has 1 rings (SSSR count). The molecule has 7 nitrogen and oxygen atoms in total. The van der Waals surface area contributed by atoms with E-state index in [2.05, 4.69) is 4.99 Å². The molecule has 134 valence electrons. The standard InChI is InChI=1S/C17H25NO6/c1-13(2)12-24-16(20)7-6-15(19)22-9-4-10-23-17(21)14-5-3-8-18-11-14/h5,11,13H,3-4,6-10,12H2,1-2H3. The summed E-state index contributed by atoms with van der Waals surface area (Å²) in [6, 6.07) is 0. The highest BCUT2D eigenvalue weighted by molar-refractivity contribution is 6.09. The maximum absolute atomic E-state index is 11.6. The van der Waals surface area contributed by atoms with E-state index in [0.717, 1.165) is 6.42 Å². The quantitative estimate of drug-likeness (QED) is 0.343. The van der Waals surface area contributed by atoms with Crippen LogP contribution in [-0.2, 0) is 28.6 Å². The number of rotatable bonds is 10. The smallest absolute Gasteiger partial charge is 0.339 e. The molecule has 0 bridgehead atoms. The molecule has 0 aromatic rings. The van der Waals surface area contributed by atoms with Crippen molar-refractivity contribution in [2.45, 2.75) is 39.5 Å². The average Bonchev–Trinajstić information content (AvgIpc) is 2.58. The molecule has 0 atom stereocenters. The number of hydrogen-bond acceptors (Lipinski definition) is 7. The Hall–Kier alpha value is -2.18. The highest BCUT2D eigenvalue weighted by Gasteiger charge is 2.12. The van der Waals surface area contributed by atoms with Gasteiger partial charge in [-0.2, -0.15) is 0 Å².